The van der Waals surface area contributed by atoms with Gasteiger partial charge in [0.15, 0.2) is 11.6 Å². The van der Waals surface area contributed by atoms with Crippen LogP contribution in [0.3, 0.4) is 0 Å². The Morgan fingerprint density at radius 1 is 1.00 bits per heavy atom. The van der Waals surface area contributed by atoms with Crippen LogP contribution in [0.2, 0.25) is 0 Å². The molecule has 0 saturated carbocycles. The van der Waals surface area contributed by atoms with Gasteiger partial charge in [-0.15, -0.1) is 0 Å². The number of phenolic OH excluding ortho intramolecular Hbond substituents is 1. The van der Waals surface area contributed by atoms with Gasteiger partial charge in [0.1, 0.15) is 5.75 Å². The monoisotopic (exact) mass is 252 g/mol. The number of phenols is 1. The zero-order valence-corrected chi connectivity index (χ0v) is 10.0. The van der Waals surface area contributed by atoms with Crippen molar-refractivity contribution < 1.29 is 5.11 Å². The van der Waals surface area contributed by atoms with Gasteiger partial charge in [0, 0.05) is 11.1 Å². The summed E-state index contributed by atoms with van der Waals surface area (Å²) in [5, 5.41) is 16.6. The lowest BCUT2D eigenvalue weighted by Gasteiger charge is -1.99. The minimum atomic E-state index is 0.0311. The lowest BCUT2D eigenvalue weighted by molar-refractivity contribution is 0.478. The van der Waals surface area contributed by atoms with Gasteiger partial charge in [0.2, 0.25) is 0 Å². The Morgan fingerprint density at radius 3 is 2.53 bits per heavy atom. The molecule has 19 heavy (non-hydrogen) atoms. The van der Waals surface area contributed by atoms with Gasteiger partial charge in [-0.05, 0) is 18.2 Å². The Hall–Kier alpha value is -2.82. The van der Waals surface area contributed by atoms with E-state index in [2.05, 4.69) is 15.2 Å². The number of hydrogen-bond acceptors (Lipinski definition) is 4. The standard InChI is InChI=1S/C14H12N4O/c15-11-7-6-10(8-12(11)19)14-16-13(17-18-14)9-4-2-1-3-5-9/h1-8,19H,15H2,(H,16,17,18). The molecule has 0 spiro atoms. The molecule has 0 aliphatic carbocycles. The average molecular weight is 252 g/mol. The summed E-state index contributed by atoms with van der Waals surface area (Å²) in [6, 6.07) is 14.7. The van der Waals surface area contributed by atoms with E-state index in [0.29, 0.717) is 22.9 Å². The van der Waals surface area contributed by atoms with Gasteiger partial charge in [-0.3, -0.25) is 5.10 Å². The fourth-order valence-electron chi connectivity index (χ4n) is 1.80. The molecule has 0 aliphatic heterocycles. The molecule has 0 fully saturated rings. The molecule has 1 heterocycles. The predicted octanol–water partition coefficient (Wildman–Crippen LogP) is 2.43. The summed E-state index contributed by atoms with van der Waals surface area (Å²) in [5.41, 5.74) is 7.57. The Kier molecular flexibility index (Phi) is 2.64. The maximum Gasteiger partial charge on any atom is 0.181 e. The molecule has 0 aliphatic rings. The number of aromatic nitrogens is 3. The van der Waals surface area contributed by atoms with Gasteiger partial charge < -0.3 is 10.8 Å². The molecule has 0 radical (unpaired) electrons. The van der Waals surface area contributed by atoms with Crippen molar-refractivity contribution in [3.63, 3.8) is 0 Å². The maximum atomic E-state index is 9.59. The van der Waals surface area contributed by atoms with Crippen LogP contribution in [0.5, 0.6) is 5.75 Å². The molecular formula is C14H12N4O. The van der Waals surface area contributed by atoms with E-state index >= 15 is 0 Å². The topological polar surface area (TPSA) is 87.8 Å². The number of hydrogen-bond donors (Lipinski definition) is 3. The number of benzene rings is 2. The first-order valence-corrected chi connectivity index (χ1v) is 5.81. The van der Waals surface area contributed by atoms with Crippen LogP contribution in [0.15, 0.2) is 48.5 Å². The zero-order chi connectivity index (χ0) is 13.2. The van der Waals surface area contributed by atoms with Gasteiger partial charge in [0.25, 0.3) is 0 Å². The highest BCUT2D eigenvalue weighted by atomic mass is 16.3. The Balaban J connectivity index is 1.99. The van der Waals surface area contributed by atoms with Gasteiger partial charge in [-0.1, -0.05) is 30.3 Å². The van der Waals surface area contributed by atoms with Gasteiger partial charge >= 0.3 is 0 Å². The van der Waals surface area contributed by atoms with Gasteiger partial charge in [0.05, 0.1) is 5.69 Å². The second-order valence-corrected chi connectivity index (χ2v) is 4.15. The summed E-state index contributed by atoms with van der Waals surface area (Å²) in [5.74, 6) is 1.24. The molecule has 3 aromatic rings. The number of nitrogens with one attached hydrogen (secondary N) is 1. The number of nitrogen functional groups attached to an aromatic ring is 1. The molecule has 0 amide bonds. The van der Waals surface area contributed by atoms with E-state index in [0.717, 1.165) is 5.56 Å². The van der Waals surface area contributed by atoms with Crippen LogP contribution >= 0.6 is 0 Å². The molecule has 0 unspecified atom stereocenters. The number of aromatic hydroxyl groups is 1. The third kappa shape index (κ3) is 2.13. The quantitative estimate of drug-likeness (QED) is 0.483. The van der Waals surface area contributed by atoms with Crippen molar-refractivity contribution in [1.82, 2.24) is 15.2 Å². The first kappa shape index (κ1) is 11.3. The van der Waals surface area contributed by atoms with Gasteiger partial charge in [-0.25, -0.2) is 4.98 Å². The molecule has 0 atom stereocenters. The smallest absolute Gasteiger partial charge is 0.181 e. The third-order valence-electron chi connectivity index (χ3n) is 2.82. The fraction of sp³-hybridized carbons (Fsp3) is 0. The highest BCUT2D eigenvalue weighted by Crippen LogP contribution is 2.26. The summed E-state index contributed by atoms with van der Waals surface area (Å²) >= 11 is 0. The maximum absolute atomic E-state index is 9.59. The van der Waals surface area contributed by atoms with Crippen LogP contribution < -0.4 is 5.73 Å². The van der Waals surface area contributed by atoms with Crippen molar-refractivity contribution in [3.05, 3.63) is 48.5 Å². The van der Waals surface area contributed by atoms with Crippen molar-refractivity contribution in [2.75, 3.05) is 5.73 Å². The molecule has 5 nitrogen and oxygen atoms in total. The predicted molar refractivity (Wildman–Crippen MR) is 73.3 cm³/mol. The second kappa shape index (κ2) is 4.45. The Bertz CT molecular complexity index is 706. The number of rotatable bonds is 2. The van der Waals surface area contributed by atoms with E-state index in [9.17, 15) is 5.11 Å². The molecule has 2 aromatic carbocycles. The second-order valence-electron chi connectivity index (χ2n) is 4.15. The average Bonchev–Trinajstić information content (AvgIpc) is 2.93. The van der Waals surface area contributed by atoms with Crippen LogP contribution in [0.1, 0.15) is 0 Å². The van der Waals surface area contributed by atoms with Gasteiger partial charge in [-0.2, -0.15) is 5.10 Å². The van der Waals surface area contributed by atoms with Crippen molar-refractivity contribution in [2.45, 2.75) is 0 Å². The van der Waals surface area contributed by atoms with E-state index in [-0.39, 0.29) is 5.75 Å². The zero-order valence-electron chi connectivity index (χ0n) is 10.0. The third-order valence-corrected chi connectivity index (χ3v) is 2.82. The number of anilines is 1. The van der Waals surface area contributed by atoms with E-state index in [4.69, 9.17) is 5.73 Å². The summed E-state index contributed by atoms with van der Waals surface area (Å²) in [6.07, 6.45) is 0. The minimum Gasteiger partial charge on any atom is -0.506 e. The van der Waals surface area contributed by atoms with Crippen LogP contribution in [0.25, 0.3) is 22.8 Å². The fourth-order valence-corrected chi connectivity index (χ4v) is 1.80. The number of nitrogens with two attached hydrogens (primary N) is 1. The Morgan fingerprint density at radius 2 is 1.79 bits per heavy atom. The van der Waals surface area contributed by atoms with Crippen molar-refractivity contribution in [3.8, 4) is 28.5 Å². The highest BCUT2D eigenvalue weighted by molar-refractivity contribution is 5.66. The van der Waals surface area contributed by atoms with Crippen LogP contribution in [0, 0.1) is 0 Å². The lowest BCUT2D eigenvalue weighted by atomic mass is 10.2. The van der Waals surface area contributed by atoms with E-state index < -0.39 is 0 Å². The number of aromatic amines is 1. The summed E-state index contributed by atoms with van der Waals surface area (Å²) in [6.45, 7) is 0. The first-order valence-electron chi connectivity index (χ1n) is 5.81. The van der Waals surface area contributed by atoms with Crippen LogP contribution in [-0.2, 0) is 0 Å². The molecule has 3 rings (SSSR count). The minimum absolute atomic E-state index is 0.0311. The summed E-state index contributed by atoms with van der Waals surface area (Å²) < 4.78 is 0. The highest BCUT2D eigenvalue weighted by Gasteiger charge is 2.08. The Labute approximate surface area is 109 Å². The molecular weight excluding hydrogens is 240 g/mol. The molecule has 94 valence electrons. The van der Waals surface area contributed by atoms with E-state index in [1.54, 1.807) is 18.2 Å². The lowest BCUT2D eigenvalue weighted by Crippen LogP contribution is -1.87. The number of nitrogens with zero attached hydrogens (tertiary/aromatic N) is 2. The summed E-state index contributed by atoms with van der Waals surface area (Å²) in [7, 11) is 0. The van der Waals surface area contributed by atoms with E-state index in [1.165, 1.54) is 0 Å². The summed E-state index contributed by atoms with van der Waals surface area (Å²) in [4.78, 5) is 4.40. The normalized spacial score (nSPS) is 10.5. The first-order chi connectivity index (χ1) is 9.24. The van der Waals surface area contributed by atoms with Crippen molar-refractivity contribution in [2.24, 2.45) is 0 Å². The van der Waals surface area contributed by atoms with Crippen LogP contribution in [0.4, 0.5) is 5.69 Å². The molecule has 5 heteroatoms. The van der Waals surface area contributed by atoms with Crippen molar-refractivity contribution in [1.29, 1.82) is 0 Å². The molecule has 1 aromatic heterocycles. The van der Waals surface area contributed by atoms with Crippen LogP contribution in [-0.4, -0.2) is 20.3 Å². The largest absolute Gasteiger partial charge is 0.506 e. The molecule has 0 bridgehead atoms. The molecule has 4 N–H and O–H groups in total. The number of H-pyrrole nitrogens is 1. The SMILES string of the molecule is Nc1ccc(-c2n[nH]c(-c3ccccc3)n2)cc1O. The molecule has 0 saturated heterocycles. The van der Waals surface area contributed by atoms with Crippen molar-refractivity contribution >= 4 is 5.69 Å². The van der Waals surface area contributed by atoms with E-state index in [1.807, 2.05) is 30.3 Å².